The zero-order valence-corrected chi connectivity index (χ0v) is 10.3. The molecule has 0 unspecified atom stereocenters. The SMILES string of the molecule is CCCCN(c1snc(N)c1C#N)C1CC1. The van der Waals surface area contributed by atoms with E-state index in [1.165, 1.54) is 30.8 Å². The van der Waals surface area contributed by atoms with Crippen LogP contribution in [0.25, 0.3) is 0 Å². The maximum Gasteiger partial charge on any atom is 0.157 e. The predicted molar refractivity (Wildman–Crippen MR) is 66.5 cm³/mol. The molecular formula is C11H16N4S. The molecule has 1 aromatic heterocycles. The van der Waals surface area contributed by atoms with Crippen molar-refractivity contribution in [1.29, 1.82) is 5.26 Å². The van der Waals surface area contributed by atoms with Gasteiger partial charge in [0.1, 0.15) is 16.6 Å². The van der Waals surface area contributed by atoms with Crippen LogP contribution in [0.2, 0.25) is 0 Å². The molecule has 4 nitrogen and oxygen atoms in total. The second-order valence-corrected chi connectivity index (χ2v) is 4.89. The molecule has 2 rings (SSSR count). The maximum absolute atomic E-state index is 9.07. The van der Waals surface area contributed by atoms with E-state index in [0.29, 0.717) is 17.4 Å². The van der Waals surface area contributed by atoms with Gasteiger partial charge in [-0.25, -0.2) is 0 Å². The Kier molecular flexibility index (Phi) is 3.30. The topological polar surface area (TPSA) is 65.9 Å². The summed E-state index contributed by atoms with van der Waals surface area (Å²) in [5.41, 5.74) is 6.25. The standard InChI is InChI=1S/C11H16N4S/c1-2-3-6-15(8-4-5-8)11-9(7-12)10(13)14-16-11/h8H,2-6H2,1H3,(H2,13,14). The van der Waals surface area contributed by atoms with Gasteiger partial charge in [-0.1, -0.05) is 13.3 Å². The molecule has 1 saturated carbocycles. The molecule has 1 aliphatic carbocycles. The lowest BCUT2D eigenvalue weighted by Gasteiger charge is -2.22. The van der Waals surface area contributed by atoms with Gasteiger partial charge in [-0.15, -0.1) is 0 Å². The number of nitrogen functional groups attached to an aromatic ring is 1. The van der Waals surface area contributed by atoms with Gasteiger partial charge >= 0.3 is 0 Å². The fraction of sp³-hybridized carbons (Fsp3) is 0.636. The molecule has 0 spiro atoms. The van der Waals surface area contributed by atoms with Crippen molar-refractivity contribution in [2.75, 3.05) is 17.2 Å². The Morgan fingerprint density at radius 1 is 1.62 bits per heavy atom. The Morgan fingerprint density at radius 3 is 2.94 bits per heavy atom. The minimum absolute atomic E-state index is 0.379. The second kappa shape index (κ2) is 4.71. The third kappa shape index (κ3) is 2.12. The molecule has 1 fully saturated rings. The van der Waals surface area contributed by atoms with Crippen LogP contribution in [0.4, 0.5) is 10.8 Å². The van der Waals surface area contributed by atoms with Crippen LogP contribution in [0.15, 0.2) is 0 Å². The number of nitriles is 1. The zero-order valence-electron chi connectivity index (χ0n) is 9.44. The Bertz CT molecular complexity index is 403. The number of unbranched alkanes of at least 4 members (excludes halogenated alkanes) is 1. The second-order valence-electron chi connectivity index (χ2n) is 4.14. The Balaban J connectivity index is 2.21. The number of anilines is 2. The summed E-state index contributed by atoms with van der Waals surface area (Å²) in [7, 11) is 0. The Labute approximate surface area is 99.8 Å². The summed E-state index contributed by atoms with van der Waals surface area (Å²) in [6.45, 7) is 3.19. The third-order valence-electron chi connectivity index (χ3n) is 2.81. The van der Waals surface area contributed by atoms with Crippen LogP contribution in [-0.2, 0) is 0 Å². The number of rotatable bonds is 5. The van der Waals surface area contributed by atoms with Crippen LogP contribution >= 0.6 is 11.5 Å². The van der Waals surface area contributed by atoms with Gasteiger partial charge in [0, 0.05) is 12.6 Å². The monoisotopic (exact) mass is 236 g/mol. The number of nitrogens with zero attached hydrogens (tertiary/aromatic N) is 3. The summed E-state index contributed by atoms with van der Waals surface area (Å²) in [5.74, 6) is 0.379. The van der Waals surface area contributed by atoms with Crippen molar-refractivity contribution >= 4 is 22.4 Å². The fourth-order valence-electron chi connectivity index (χ4n) is 1.76. The summed E-state index contributed by atoms with van der Waals surface area (Å²) in [6, 6.07) is 2.77. The van der Waals surface area contributed by atoms with E-state index in [9.17, 15) is 0 Å². The largest absolute Gasteiger partial charge is 0.382 e. The molecule has 86 valence electrons. The zero-order chi connectivity index (χ0) is 11.5. The Morgan fingerprint density at radius 2 is 2.38 bits per heavy atom. The average molecular weight is 236 g/mol. The van der Waals surface area contributed by atoms with Crippen LogP contribution in [0.5, 0.6) is 0 Å². The first-order valence-electron chi connectivity index (χ1n) is 5.69. The molecule has 0 saturated heterocycles. The van der Waals surface area contributed by atoms with Crippen LogP contribution in [0, 0.1) is 11.3 Å². The third-order valence-corrected chi connectivity index (χ3v) is 3.71. The van der Waals surface area contributed by atoms with E-state index >= 15 is 0 Å². The minimum atomic E-state index is 0.379. The van der Waals surface area contributed by atoms with Gasteiger partial charge < -0.3 is 10.6 Å². The maximum atomic E-state index is 9.07. The molecule has 0 amide bonds. The lowest BCUT2D eigenvalue weighted by Crippen LogP contribution is -2.26. The van der Waals surface area contributed by atoms with E-state index < -0.39 is 0 Å². The van der Waals surface area contributed by atoms with E-state index in [-0.39, 0.29) is 0 Å². The summed E-state index contributed by atoms with van der Waals surface area (Å²) in [4.78, 5) is 2.32. The van der Waals surface area contributed by atoms with Crippen LogP contribution in [-0.4, -0.2) is 17.0 Å². The highest BCUT2D eigenvalue weighted by Gasteiger charge is 2.31. The summed E-state index contributed by atoms with van der Waals surface area (Å²) in [6.07, 6.45) is 4.78. The fourth-order valence-corrected chi connectivity index (χ4v) is 2.62. The van der Waals surface area contributed by atoms with Gasteiger partial charge in [0.25, 0.3) is 0 Å². The van der Waals surface area contributed by atoms with Crippen molar-refractivity contribution in [3.63, 3.8) is 0 Å². The van der Waals surface area contributed by atoms with Gasteiger partial charge in [-0.2, -0.15) is 9.64 Å². The first-order valence-corrected chi connectivity index (χ1v) is 6.47. The molecule has 0 bridgehead atoms. The van der Waals surface area contributed by atoms with Crippen LogP contribution in [0.1, 0.15) is 38.2 Å². The number of nitrogens with two attached hydrogens (primary N) is 1. The molecule has 1 aliphatic rings. The molecule has 0 aliphatic heterocycles. The molecule has 0 radical (unpaired) electrons. The Hall–Kier alpha value is -1.28. The first-order chi connectivity index (χ1) is 7.77. The normalized spacial score (nSPS) is 14.8. The van der Waals surface area contributed by atoms with Gasteiger partial charge in [-0.05, 0) is 30.8 Å². The van der Waals surface area contributed by atoms with E-state index in [1.807, 2.05) is 0 Å². The predicted octanol–water partition coefficient (Wildman–Crippen LogP) is 2.37. The highest BCUT2D eigenvalue weighted by atomic mass is 32.1. The molecule has 0 aromatic carbocycles. The van der Waals surface area contributed by atoms with Gasteiger partial charge in [-0.3, -0.25) is 0 Å². The smallest absolute Gasteiger partial charge is 0.157 e. The number of aromatic nitrogens is 1. The molecule has 1 aromatic rings. The lowest BCUT2D eigenvalue weighted by molar-refractivity contribution is 0.717. The van der Waals surface area contributed by atoms with Crippen molar-refractivity contribution < 1.29 is 0 Å². The van der Waals surface area contributed by atoms with E-state index in [2.05, 4.69) is 22.3 Å². The minimum Gasteiger partial charge on any atom is -0.382 e. The highest BCUT2D eigenvalue weighted by molar-refractivity contribution is 7.10. The number of hydrogen-bond acceptors (Lipinski definition) is 5. The summed E-state index contributed by atoms with van der Waals surface area (Å²) >= 11 is 1.36. The van der Waals surface area contributed by atoms with Crippen molar-refractivity contribution in [3.05, 3.63) is 5.56 Å². The van der Waals surface area contributed by atoms with Gasteiger partial charge in [0.2, 0.25) is 0 Å². The molecular weight excluding hydrogens is 220 g/mol. The summed E-state index contributed by atoms with van der Waals surface area (Å²) in [5, 5.41) is 10.0. The van der Waals surface area contributed by atoms with Gasteiger partial charge in [0.15, 0.2) is 5.82 Å². The average Bonchev–Trinajstić information content (AvgIpc) is 3.04. The molecule has 1 heterocycles. The molecule has 16 heavy (non-hydrogen) atoms. The van der Waals surface area contributed by atoms with E-state index in [1.54, 1.807) is 0 Å². The molecule has 5 heteroatoms. The van der Waals surface area contributed by atoms with Gasteiger partial charge in [0.05, 0.1) is 0 Å². The molecule has 0 atom stereocenters. The van der Waals surface area contributed by atoms with Crippen molar-refractivity contribution in [3.8, 4) is 6.07 Å². The summed E-state index contributed by atoms with van der Waals surface area (Å²) < 4.78 is 4.08. The first kappa shape index (κ1) is 11.2. The van der Waals surface area contributed by atoms with E-state index in [0.717, 1.165) is 18.0 Å². The van der Waals surface area contributed by atoms with Crippen molar-refractivity contribution in [2.45, 2.75) is 38.6 Å². The highest BCUT2D eigenvalue weighted by Crippen LogP contribution is 2.37. The van der Waals surface area contributed by atoms with Crippen molar-refractivity contribution in [1.82, 2.24) is 4.37 Å². The van der Waals surface area contributed by atoms with E-state index in [4.69, 9.17) is 11.0 Å². The lowest BCUT2D eigenvalue weighted by atomic mass is 10.2. The molecule has 2 N–H and O–H groups in total. The van der Waals surface area contributed by atoms with Crippen molar-refractivity contribution in [2.24, 2.45) is 0 Å². The van der Waals surface area contributed by atoms with Crippen LogP contribution in [0.3, 0.4) is 0 Å². The van der Waals surface area contributed by atoms with Crippen LogP contribution < -0.4 is 10.6 Å². The quantitative estimate of drug-likeness (QED) is 0.852. The number of hydrogen-bond donors (Lipinski definition) is 1.